The molecule has 0 aliphatic rings. The van der Waals surface area contributed by atoms with E-state index in [1.807, 2.05) is 0 Å². The first kappa shape index (κ1) is 46.5. The summed E-state index contributed by atoms with van der Waals surface area (Å²) in [5.74, 6) is 0. The molecule has 5 heavy (non-hydrogen) atoms. The van der Waals surface area contributed by atoms with Crippen molar-refractivity contribution in [1.29, 1.82) is 0 Å². The molecule has 0 bridgehead atoms. The van der Waals surface area contributed by atoms with Gasteiger partial charge in [-0.3, -0.25) is 0 Å². The molecule has 0 aromatic carbocycles. The number of aliphatic hydroxyl groups is 1. The van der Waals surface area contributed by atoms with E-state index in [9.17, 15) is 0 Å². The Hall–Kier alpha value is 0.594. The molecule has 0 unspecified atom stereocenters. The Bertz CT molecular complexity index is 6.85. The quantitative estimate of drug-likeness (QED) is 0.416. The maximum Gasteiger partial charge on any atom is 4.00 e. The molecule has 0 rings (SSSR count). The van der Waals surface area contributed by atoms with Gasteiger partial charge in [0.2, 0.25) is 0 Å². The zero-order valence-electron chi connectivity index (χ0n) is 2.76. The van der Waals surface area contributed by atoms with Crippen molar-refractivity contribution in [2.24, 2.45) is 0 Å². The average molecular weight is 112 g/mol. The molecular formula is CH4O3Ti. The molecule has 3 nitrogen and oxygen atoms in total. The fourth-order valence-electron chi connectivity index (χ4n) is 0. The van der Waals surface area contributed by atoms with Gasteiger partial charge in [0.25, 0.3) is 0 Å². The van der Waals surface area contributed by atoms with Crippen molar-refractivity contribution >= 4 is 0 Å². The molecule has 0 aromatic heterocycles. The molecule has 0 aliphatic carbocycles. The third kappa shape index (κ3) is 87.6. The number of hydrogen-bond donors (Lipinski definition) is 1. The van der Waals surface area contributed by atoms with E-state index in [1.165, 1.54) is 0 Å². The van der Waals surface area contributed by atoms with Crippen molar-refractivity contribution in [2.75, 3.05) is 7.11 Å². The van der Waals surface area contributed by atoms with Gasteiger partial charge in [-0.05, 0) is 0 Å². The van der Waals surface area contributed by atoms with E-state index in [2.05, 4.69) is 0 Å². The van der Waals surface area contributed by atoms with Crippen molar-refractivity contribution in [3.05, 3.63) is 0 Å². The molecule has 0 saturated heterocycles. The van der Waals surface area contributed by atoms with Gasteiger partial charge in [-0.2, -0.15) is 0 Å². The number of hydrogen-bond acceptors (Lipinski definition) is 1. The van der Waals surface area contributed by atoms with E-state index in [4.69, 9.17) is 5.11 Å². The second-order valence-corrected chi connectivity index (χ2v) is 0. The van der Waals surface area contributed by atoms with Crippen LogP contribution >= 0.6 is 0 Å². The Morgan fingerprint density at radius 1 is 1.00 bits per heavy atom. The largest absolute Gasteiger partial charge is 4.00 e. The molecule has 0 spiro atoms. The molecule has 0 aliphatic heterocycles. The fourth-order valence-corrected chi connectivity index (χ4v) is 0. The van der Waals surface area contributed by atoms with E-state index in [-0.39, 0.29) is 32.7 Å². The first-order valence-electron chi connectivity index (χ1n) is 0.447. The van der Waals surface area contributed by atoms with Gasteiger partial charge in [-0.25, -0.2) is 0 Å². The van der Waals surface area contributed by atoms with Gasteiger partial charge in [0.15, 0.2) is 0 Å². The monoisotopic (exact) mass is 112 g/mol. The smallest absolute Gasteiger partial charge is 2.00 e. The van der Waals surface area contributed by atoms with E-state index >= 15 is 0 Å². The second-order valence-electron chi connectivity index (χ2n) is 0. The van der Waals surface area contributed by atoms with Crippen LogP contribution in [0.5, 0.6) is 0 Å². The third-order valence-corrected chi connectivity index (χ3v) is 0. The van der Waals surface area contributed by atoms with Crippen molar-refractivity contribution in [3.63, 3.8) is 0 Å². The molecule has 0 saturated carbocycles. The summed E-state index contributed by atoms with van der Waals surface area (Å²) in [7, 11) is 1.00. The van der Waals surface area contributed by atoms with Crippen LogP contribution in [0.15, 0.2) is 0 Å². The Kier molecular flexibility index (Phi) is 1560. The first-order chi connectivity index (χ1) is 1.00. The van der Waals surface area contributed by atoms with Gasteiger partial charge in [0.05, 0.1) is 0 Å². The van der Waals surface area contributed by atoms with E-state index in [0.29, 0.717) is 0 Å². The molecule has 0 radical (unpaired) electrons. The SMILES string of the molecule is CO.[O-2].[O-2].[Ti+4]. The maximum absolute atomic E-state index is 7.00. The third-order valence-electron chi connectivity index (χ3n) is 0. The second kappa shape index (κ2) is 168. The predicted octanol–water partition coefficient (Wildman–Crippen LogP) is -0.632. The molecule has 0 amide bonds. The van der Waals surface area contributed by atoms with Gasteiger partial charge in [0.1, 0.15) is 0 Å². The van der Waals surface area contributed by atoms with E-state index in [1.54, 1.807) is 0 Å². The molecule has 4 heteroatoms. The molecule has 30 valence electrons. The Balaban J connectivity index is -0.00000000167. The zero-order chi connectivity index (χ0) is 2.00. The summed E-state index contributed by atoms with van der Waals surface area (Å²) in [6.07, 6.45) is 0. The van der Waals surface area contributed by atoms with Gasteiger partial charge in [-0.1, -0.05) is 0 Å². The van der Waals surface area contributed by atoms with Crippen molar-refractivity contribution < 1.29 is 37.8 Å². The van der Waals surface area contributed by atoms with Crippen LogP contribution in [0.3, 0.4) is 0 Å². The topological polar surface area (TPSA) is 77.2 Å². The van der Waals surface area contributed by atoms with Crippen LogP contribution in [-0.2, 0) is 32.7 Å². The van der Waals surface area contributed by atoms with Gasteiger partial charge in [-0.15, -0.1) is 0 Å². The van der Waals surface area contributed by atoms with Crippen LogP contribution in [0, 0.1) is 0 Å². The first-order valence-corrected chi connectivity index (χ1v) is 0.447. The van der Waals surface area contributed by atoms with E-state index in [0.717, 1.165) is 7.11 Å². The van der Waals surface area contributed by atoms with Crippen LogP contribution in [0.25, 0.3) is 0 Å². The number of aliphatic hydroxyl groups excluding tert-OH is 1. The minimum atomic E-state index is 0. The van der Waals surface area contributed by atoms with Gasteiger partial charge < -0.3 is 16.1 Å². The summed E-state index contributed by atoms with van der Waals surface area (Å²) < 4.78 is 0. The van der Waals surface area contributed by atoms with E-state index < -0.39 is 0 Å². The van der Waals surface area contributed by atoms with Crippen LogP contribution in [0.2, 0.25) is 0 Å². The standard InChI is InChI=1S/CH4O.2O.Ti/c1-2;;;/h2H,1H3;;;/q;2*-2;+4. The summed E-state index contributed by atoms with van der Waals surface area (Å²) in [5.41, 5.74) is 0. The zero-order valence-corrected chi connectivity index (χ0v) is 4.33. The van der Waals surface area contributed by atoms with Crippen LogP contribution < -0.4 is 0 Å². The predicted molar refractivity (Wildman–Crippen MR) is 9.52 cm³/mol. The van der Waals surface area contributed by atoms with Crippen LogP contribution in [-0.4, -0.2) is 12.2 Å². The summed E-state index contributed by atoms with van der Waals surface area (Å²) in [6, 6.07) is 0. The molecule has 0 heterocycles. The van der Waals surface area contributed by atoms with Crippen molar-refractivity contribution in [2.45, 2.75) is 0 Å². The molecule has 1 N–H and O–H groups in total. The number of rotatable bonds is 0. The van der Waals surface area contributed by atoms with Crippen LogP contribution in [0.4, 0.5) is 0 Å². The molecular weight excluding hydrogens is 108 g/mol. The average Bonchev–Trinajstić information content (AvgIpc) is 1.00. The summed E-state index contributed by atoms with van der Waals surface area (Å²) in [5, 5.41) is 7.00. The minimum Gasteiger partial charge on any atom is -2.00 e. The van der Waals surface area contributed by atoms with Crippen molar-refractivity contribution in [1.82, 2.24) is 0 Å². The Labute approximate surface area is 45.5 Å². The summed E-state index contributed by atoms with van der Waals surface area (Å²) >= 11 is 0. The summed E-state index contributed by atoms with van der Waals surface area (Å²) in [6.45, 7) is 0. The normalized spacial score (nSPS) is 1.20. The molecule has 0 atom stereocenters. The molecule has 0 fully saturated rings. The van der Waals surface area contributed by atoms with Gasteiger partial charge >= 0.3 is 21.7 Å². The Morgan fingerprint density at radius 2 is 1.00 bits per heavy atom. The minimum absolute atomic E-state index is 0. The maximum atomic E-state index is 7.00. The van der Waals surface area contributed by atoms with Crippen molar-refractivity contribution in [3.8, 4) is 0 Å². The van der Waals surface area contributed by atoms with Crippen LogP contribution in [0.1, 0.15) is 0 Å². The van der Waals surface area contributed by atoms with Gasteiger partial charge in [0, 0.05) is 7.11 Å². The molecule has 0 aromatic rings. The Morgan fingerprint density at radius 3 is 1.00 bits per heavy atom. The fraction of sp³-hybridized carbons (Fsp3) is 1.00. The summed E-state index contributed by atoms with van der Waals surface area (Å²) in [4.78, 5) is 0.